The fourth-order valence-electron chi connectivity index (χ4n) is 3.29. The zero-order valence-corrected chi connectivity index (χ0v) is 18.9. The van der Waals surface area contributed by atoms with E-state index in [9.17, 15) is 4.79 Å². The summed E-state index contributed by atoms with van der Waals surface area (Å²) in [5.41, 5.74) is 4.50. The van der Waals surface area contributed by atoms with Crippen molar-refractivity contribution in [3.05, 3.63) is 84.4 Å². The van der Waals surface area contributed by atoms with Gasteiger partial charge in [-0.05, 0) is 55.0 Å². The van der Waals surface area contributed by atoms with Gasteiger partial charge in [-0.25, -0.2) is 15.0 Å². The molecular formula is C25H25N7O2. The number of aliphatic hydroxyl groups excluding tert-OH is 1. The Morgan fingerprint density at radius 2 is 1.91 bits per heavy atom. The number of likely N-dealkylation sites (N-methyl/N-ethyl adjacent to an activating group) is 1. The van der Waals surface area contributed by atoms with Crippen LogP contribution in [-0.4, -0.2) is 51.1 Å². The van der Waals surface area contributed by atoms with Gasteiger partial charge in [0, 0.05) is 60.9 Å². The first-order chi connectivity index (χ1) is 16.5. The molecule has 0 saturated carbocycles. The normalized spacial score (nSPS) is 10.6. The number of hydrogen-bond acceptors (Lipinski definition) is 8. The van der Waals surface area contributed by atoms with E-state index in [4.69, 9.17) is 5.11 Å². The van der Waals surface area contributed by atoms with E-state index < -0.39 is 0 Å². The summed E-state index contributed by atoms with van der Waals surface area (Å²) >= 11 is 0. The van der Waals surface area contributed by atoms with Gasteiger partial charge in [0.05, 0.1) is 12.3 Å². The van der Waals surface area contributed by atoms with Crippen LogP contribution in [0.25, 0.3) is 11.3 Å². The van der Waals surface area contributed by atoms with Crippen LogP contribution in [0.3, 0.4) is 0 Å². The molecule has 34 heavy (non-hydrogen) atoms. The average molecular weight is 456 g/mol. The van der Waals surface area contributed by atoms with Crippen molar-refractivity contribution in [3.8, 4) is 11.3 Å². The number of amides is 1. The number of carbonyl (C=O) groups excluding carboxylic acids is 1. The molecular weight excluding hydrogens is 430 g/mol. The number of aliphatic hydroxyl groups is 1. The molecule has 1 amide bonds. The molecule has 3 N–H and O–H groups in total. The van der Waals surface area contributed by atoms with Crippen LogP contribution in [0.4, 0.5) is 23.1 Å². The van der Waals surface area contributed by atoms with Crippen LogP contribution < -0.4 is 15.5 Å². The minimum Gasteiger partial charge on any atom is -0.395 e. The first kappa shape index (κ1) is 22.8. The largest absolute Gasteiger partial charge is 0.395 e. The van der Waals surface area contributed by atoms with E-state index in [-0.39, 0.29) is 12.5 Å². The molecule has 0 spiro atoms. The molecule has 0 aliphatic carbocycles. The number of benzene rings is 1. The summed E-state index contributed by atoms with van der Waals surface area (Å²) < 4.78 is 0. The van der Waals surface area contributed by atoms with Crippen LogP contribution in [0, 0.1) is 6.92 Å². The Bertz CT molecular complexity index is 1280. The number of pyridine rings is 2. The van der Waals surface area contributed by atoms with Gasteiger partial charge in [0.25, 0.3) is 5.91 Å². The molecule has 0 fully saturated rings. The number of aryl methyl sites for hydroxylation is 1. The van der Waals surface area contributed by atoms with Crippen LogP contribution in [0.1, 0.15) is 15.9 Å². The second kappa shape index (κ2) is 10.5. The van der Waals surface area contributed by atoms with Crippen molar-refractivity contribution in [2.45, 2.75) is 6.92 Å². The molecule has 4 aromatic rings. The number of rotatable bonds is 8. The minimum absolute atomic E-state index is 0.00259. The molecule has 9 heteroatoms. The fraction of sp³-hybridized carbons (Fsp3) is 0.160. The van der Waals surface area contributed by atoms with E-state index in [0.717, 1.165) is 22.5 Å². The topological polar surface area (TPSA) is 116 Å². The van der Waals surface area contributed by atoms with Crippen molar-refractivity contribution in [1.82, 2.24) is 19.9 Å². The summed E-state index contributed by atoms with van der Waals surface area (Å²) in [7, 11) is 1.81. The maximum atomic E-state index is 12.8. The highest BCUT2D eigenvalue weighted by Gasteiger charge is 2.11. The second-order valence-corrected chi connectivity index (χ2v) is 7.66. The zero-order chi connectivity index (χ0) is 23.9. The Balaban J connectivity index is 1.51. The third-order valence-corrected chi connectivity index (χ3v) is 5.19. The third-order valence-electron chi connectivity index (χ3n) is 5.19. The molecule has 0 aliphatic heterocycles. The van der Waals surface area contributed by atoms with Crippen molar-refractivity contribution in [3.63, 3.8) is 0 Å². The monoisotopic (exact) mass is 455 g/mol. The molecule has 4 rings (SSSR count). The molecule has 1 aromatic carbocycles. The molecule has 0 unspecified atom stereocenters. The minimum atomic E-state index is -0.259. The molecule has 0 saturated heterocycles. The standard InChI is InChI=1S/C25H25N7O2/c1-17-5-6-20(29-24(34)18-7-10-27-23(14-18)32(2)12-13-33)15-22(17)31-25-28-11-8-21(30-25)19-4-3-9-26-16-19/h3-11,14-16,33H,12-13H2,1-2H3,(H,29,34)(H,28,30,31). The van der Waals surface area contributed by atoms with E-state index in [1.807, 2.05) is 50.4 Å². The first-order valence-electron chi connectivity index (χ1n) is 10.7. The molecule has 0 atom stereocenters. The van der Waals surface area contributed by atoms with Gasteiger partial charge in [0.2, 0.25) is 5.95 Å². The van der Waals surface area contributed by atoms with Gasteiger partial charge in [0.1, 0.15) is 5.82 Å². The highest BCUT2D eigenvalue weighted by atomic mass is 16.3. The highest BCUT2D eigenvalue weighted by molar-refractivity contribution is 6.04. The SMILES string of the molecule is Cc1ccc(NC(=O)c2ccnc(N(C)CCO)c2)cc1Nc1nccc(-c2cccnc2)n1. The summed E-state index contributed by atoms with van der Waals surface area (Å²) in [6.07, 6.45) is 6.73. The van der Waals surface area contributed by atoms with Crippen molar-refractivity contribution in [2.24, 2.45) is 0 Å². The van der Waals surface area contributed by atoms with Crippen LogP contribution >= 0.6 is 0 Å². The third kappa shape index (κ3) is 5.51. The lowest BCUT2D eigenvalue weighted by Gasteiger charge is -2.17. The zero-order valence-electron chi connectivity index (χ0n) is 18.9. The Morgan fingerprint density at radius 3 is 2.71 bits per heavy atom. The van der Waals surface area contributed by atoms with E-state index in [0.29, 0.717) is 29.6 Å². The molecule has 0 aliphatic rings. The Labute approximate surface area is 197 Å². The smallest absolute Gasteiger partial charge is 0.255 e. The Morgan fingerprint density at radius 1 is 1.06 bits per heavy atom. The first-order valence-corrected chi connectivity index (χ1v) is 10.7. The number of nitrogens with one attached hydrogen (secondary N) is 2. The molecule has 9 nitrogen and oxygen atoms in total. The summed E-state index contributed by atoms with van der Waals surface area (Å²) in [5, 5.41) is 15.3. The lowest BCUT2D eigenvalue weighted by Crippen LogP contribution is -2.23. The number of nitrogens with zero attached hydrogens (tertiary/aromatic N) is 5. The van der Waals surface area contributed by atoms with Gasteiger partial charge in [-0.2, -0.15) is 0 Å². The van der Waals surface area contributed by atoms with E-state index in [1.165, 1.54) is 0 Å². The van der Waals surface area contributed by atoms with Gasteiger partial charge in [-0.3, -0.25) is 9.78 Å². The molecule has 172 valence electrons. The van der Waals surface area contributed by atoms with Gasteiger partial charge < -0.3 is 20.6 Å². The van der Waals surface area contributed by atoms with Crippen LogP contribution in [-0.2, 0) is 0 Å². The highest BCUT2D eigenvalue weighted by Crippen LogP contribution is 2.25. The van der Waals surface area contributed by atoms with Gasteiger partial charge >= 0.3 is 0 Å². The summed E-state index contributed by atoms with van der Waals surface area (Å²) in [4.78, 5) is 31.9. The second-order valence-electron chi connectivity index (χ2n) is 7.66. The quantitative estimate of drug-likeness (QED) is 0.369. The summed E-state index contributed by atoms with van der Waals surface area (Å²) in [5.74, 6) is 0.794. The fourth-order valence-corrected chi connectivity index (χ4v) is 3.29. The van der Waals surface area contributed by atoms with Crippen molar-refractivity contribution in [1.29, 1.82) is 0 Å². The Kier molecular flexibility index (Phi) is 7.04. The van der Waals surface area contributed by atoms with E-state index >= 15 is 0 Å². The summed E-state index contributed by atoms with van der Waals surface area (Å²) in [6.45, 7) is 2.39. The van der Waals surface area contributed by atoms with Gasteiger partial charge in [-0.15, -0.1) is 0 Å². The maximum Gasteiger partial charge on any atom is 0.255 e. The summed E-state index contributed by atoms with van der Waals surface area (Å²) in [6, 6.07) is 14.6. The van der Waals surface area contributed by atoms with Crippen LogP contribution in [0.2, 0.25) is 0 Å². The van der Waals surface area contributed by atoms with Gasteiger partial charge in [-0.1, -0.05) is 6.07 Å². The predicted molar refractivity (Wildman–Crippen MR) is 132 cm³/mol. The Hall–Kier alpha value is -4.37. The predicted octanol–water partition coefficient (Wildman–Crippen LogP) is 3.67. The number of aromatic nitrogens is 4. The molecule has 3 heterocycles. The van der Waals surface area contributed by atoms with E-state index in [2.05, 4.69) is 30.6 Å². The van der Waals surface area contributed by atoms with Crippen LogP contribution in [0.5, 0.6) is 0 Å². The molecule has 0 radical (unpaired) electrons. The number of hydrogen-bond donors (Lipinski definition) is 3. The molecule has 0 bridgehead atoms. The van der Waals surface area contributed by atoms with Crippen LogP contribution in [0.15, 0.2) is 73.3 Å². The van der Waals surface area contributed by atoms with Crippen molar-refractivity contribution >= 4 is 29.0 Å². The number of carbonyl (C=O) groups is 1. The number of anilines is 4. The molecule has 3 aromatic heterocycles. The lowest BCUT2D eigenvalue weighted by atomic mass is 10.1. The maximum absolute atomic E-state index is 12.8. The lowest BCUT2D eigenvalue weighted by molar-refractivity contribution is 0.102. The van der Waals surface area contributed by atoms with Crippen molar-refractivity contribution < 1.29 is 9.90 Å². The average Bonchev–Trinajstić information content (AvgIpc) is 2.87. The van der Waals surface area contributed by atoms with E-state index in [1.54, 1.807) is 41.8 Å². The van der Waals surface area contributed by atoms with Crippen molar-refractivity contribution in [2.75, 3.05) is 35.7 Å². The van der Waals surface area contributed by atoms with Gasteiger partial charge in [0.15, 0.2) is 0 Å².